The Morgan fingerprint density at radius 3 is 2.78 bits per heavy atom. The Morgan fingerprint density at radius 2 is 2.17 bits per heavy atom. The van der Waals surface area contributed by atoms with Crippen LogP contribution in [0.1, 0.15) is 17.3 Å². The Morgan fingerprint density at radius 1 is 1.33 bits per heavy atom. The predicted molar refractivity (Wildman–Crippen MR) is 70.9 cm³/mol. The first kappa shape index (κ1) is 12.8. The summed E-state index contributed by atoms with van der Waals surface area (Å²) in [5.74, 6) is 0.651. The maximum absolute atomic E-state index is 6.02. The normalized spacial score (nSPS) is 12.2. The number of methoxy groups -OCH3 is 1. The van der Waals surface area contributed by atoms with Crippen molar-refractivity contribution in [2.24, 2.45) is 0 Å². The highest BCUT2D eigenvalue weighted by molar-refractivity contribution is 6.32. The summed E-state index contributed by atoms with van der Waals surface area (Å²) in [6.45, 7) is 0. The minimum Gasteiger partial charge on any atom is -0.495 e. The lowest BCUT2D eigenvalue weighted by atomic mass is 10.0. The molecule has 1 unspecified atom stereocenters. The van der Waals surface area contributed by atoms with E-state index in [0.717, 1.165) is 11.3 Å². The molecule has 1 atom stereocenters. The van der Waals surface area contributed by atoms with Crippen LogP contribution >= 0.6 is 11.6 Å². The molecule has 1 N–H and O–H groups in total. The first-order valence-electron chi connectivity index (χ1n) is 5.53. The van der Waals surface area contributed by atoms with Crippen molar-refractivity contribution in [3.8, 4) is 5.75 Å². The summed E-state index contributed by atoms with van der Waals surface area (Å²) in [6, 6.07) is 5.62. The number of benzene rings is 1. The van der Waals surface area contributed by atoms with Gasteiger partial charge in [-0.1, -0.05) is 17.7 Å². The van der Waals surface area contributed by atoms with Gasteiger partial charge in [0.05, 0.1) is 30.1 Å². The van der Waals surface area contributed by atoms with Crippen molar-refractivity contribution >= 4 is 11.6 Å². The number of nitrogens with zero attached hydrogens (tertiary/aromatic N) is 2. The lowest BCUT2D eigenvalue weighted by molar-refractivity contribution is 0.414. The summed E-state index contributed by atoms with van der Waals surface area (Å²) in [5.41, 5.74) is 1.88. The maximum Gasteiger partial charge on any atom is 0.137 e. The molecule has 2 rings (SSSR count). The lowest BCUT2D eigenvalue weighted by Crippen LogP contribution is -2.19. The number of nitrogens with one attached hydrogen (secondary N) is 1. The SMILES string of the molecule is CNC(c1ccc(Cl)c(OC)c1)c1cnccn1. The maximum atomic E-state index is 6.02. The van der Waals surface area contributed by atoms with Gasteiger partial charge in [0, 0.05) is 12.4 Å². The summed E-state index contributed by atoms with van der Waals surface area (Å²) in [5, 5.41) is 3.80. The van der Waals surface area contributed by atoms with Gasteiger partial charge in [0.25, 0.3) is 0 Å². The predicted octanol–water partition coefficient (Wildman–Crippen LogP) is 2.45. The molecule has 94 valence electrons. The highest BCUT2D eigenvalue weighted by atomic mass is 35.5. The smallest absolute Gasteiger partial charge is 0.137 e. The Hall–Kier alpha value is -1.65. The van der Waals surface area contributed by atoms with Crippen LogP contribution in [0.2, 0.25) is 5.02 Å². The molecule has 1 aromatic carbocycles. The van der Waals surface area contributed by atoms with E-state index in [2.05, 4.69) is 15.3 Å². The molecule has 0 bridgehead atoms. The number of aromatic nitrogens is 2. The average Bonchev–Trinajstić information content (AvgIpc) is 2.42. The van der Waals surface area contributed by atoms with Crippen LogP contribution in [0, 0.1) is 0 Å². The zero-order valence-electron chi connectivity index (χ0n) is 10.2. The monoisotopic (exact) mass is 263 g/mol. The number of hydrogen-bond acceptors (Lipinski definition) is 4. The summed E-state index contributed by atoms with van der Waals surface area (Å²) < 4.78 is 5.22. The molecule has 2 aromatic rings. The van der Waals surface area contributed by atoms with E-state index in [1.165, 1.54) is 0 Å². The Kier molecular flexibility index (Phi) is 4.12. The molecule has 0 spiro atoms. The molecule has 0 radical (unpaired) electrons. The van der Waals surface area contributed by atoms with E-state index in [9.17, 15) is 0 Å². The van der Waals surface area contributed by atoms with Gasteiger partial charge >= 0.3 is 0 Å². The highest BCUT2D eigenvalue weighted by Gasteiger charge is 2.15. The third-order valence-corrected chi connectivity index (χ3v) is 2.99. The first-order valence-corrected chi connectivity index (χ1v) is 5.90. The number of ether oxygens (including phenoxy) is 1. The van der Waals surface area contributed by atoms with E-state index in [4.69, 9.17) is 16.3 Å². The largest absolute Gasteiger partial charge is 0.495 e. The minimum absolute atomic E-state index is 0.0372. The van der Waals surface area contributed by atoms with Crippen molar-refractivity contribution in [3.05, 3.63) is 53.1 Å². The van der Waals surface area contributed by atoms with Crippen molar-refractivity contribution in [2.45, 2.75) is 6.04 Å². The first-order chi connectivity index (χ1) is 8.76. The van der Waals surface area contributed by atoms with E-state index >= 15 is 0 Å². The highest BCUT2D eigenvalue weighted by Crippen LogP contribution is 2.29. The molecule has 4 nitrogen and oxygen atoms in total. The zero-order chi connectivity index (χ0) is 13.0. The molecule has 0 aliphatic heterocycles. The van der Waals surface area contributed by atoms with E-state index < -0.39 is 0 Å². The molecule has 1 aromatic heterocycles. The molecular weight excluding hydrogens is 250 g/mol. The third kappa shape index (κ3) is 2.60. The third-order valence-electron chi connectivity index (χ3n) is 2.68. The van der Waals surface area contributed by atoms with Crippen LogP contribution in [-0.2, 0) is 0 Å². The number of hydrogen-bond donors (Lipinski definition) is 1. The summed E-state index contributed by atoms with van der Waals surface area (Å²) in [4.78, 5) is 8.38. The molecule has 1 heterocycles. The van der Waals surface area contributed by atoms with Crippen LogP contribution in [-0.4, -0.2) is 24.1 Å². The second kappa shape index (κ2) is 5.80. The fraction of sp³-hybridized carbons (Fsp3) is 0.231. The molecule has 0 aliphatic carbocycles. The Bertz CT molecular complexity index is 519. The summed E-state index contributed by atoms with van der Waals surface area (Å²) in [6.07, 6.45) is 5.06. The summed E-state index contributed by atoms with van der Waals surface area (Å²) in [7, 11) is 3.47. The molecule has 0 saturated carbocycles. The van der Waals surface area contributed by atoms with E-state index in [1.807, 2.05) is 25.2 Å². The lowest BCUT2D eigenvalue weighted by Gasteiger charge is -2.16. The van der Waals surface area contributed by atoms with Crippen LogP contribution in [0.15, 0.2) is 36.8 Å². The van der Waals surface area contributed by atoms with Gasteiger partial charge in [-0.05, 0) is 24.7 Å². The fourth-order valence-corrected chi connectivity index (χ4v) is 2.00. The van der Waals surface area contributed by atoms with Gasteiger partial charge in [0.2, 0.25) is 0 Å². The van der Waals surface area contributed by atoms with Crippen LogP contribution in [0.3, 0.4) is 0 Å². The van der Waals surface area contributed by atoms with Crippen molar-refractivity contribution in [1.29, 1.82) is 0 Å². The van der Waals surface area contributed by atoms with Crippen LogP contribution in [0.25, 0.3) is 0 Å². The quantitative estimate of drug-likeness (QED) is 0.920. The summed E-state index contributed by atoms with van der Waals surface area (Å²) >= 11 is 6.02. The number of rotatable bonds is 4. The Labute approximate surface area is 111 Å². The van der Waals surface area contributed by atoms with Gasteiger partial charge < -0.3 is 10.1 Å². The zero-order valence-corrected chi connectivity index (χ0v) is 11.0. The fourth-order valence-electron chi connectivity index (χ4n) is 1.80. The molecule has 0 aliphatic rings. The van der Waals surface area contributed by atoms with Crippen molar-refractivity contribution in [1.82, 2.24) is 15.3 Å². The number of halogens is 1. The van der Waals surface area contributed by atoms with Gasteiger partial charge in [-0.3, -0.25) is 9.97 Å². The topological polar surface area (TPSA) is 47.0 Å². The van der Waals surface area contributed by atoms with Gasteiger partial charge in [0.1, 0.15) is 5.75 Å². The van der Waals surface area contributed by atoms with Gasteiger partial charge in [-0.25, -0.2) is 0 Å². The molecule has 0 saturated heterocycles. The van der Waals surface area contributed by atoms with Crippen molar-refractivity contribution < 1.29 is 4.74 Å². The van der Waals surface area contributed by atoms with Crippen LogP contribution < -0.4 is 10.1 Å². The van der Waals surface area contributed by atoms with Crippen LogP contribution in [0.5, 0.6) is 5.75 Å². The van der Waals surface area contributed by atoms with E-state index in [-0.39, 0.29) is 6.04 Å². The van der Waals surface area contributed by atoms with Gasteiger partial charge in [-0.2, -0.15) is 0 Å². The second-order valence-corrected chi connectivity index (χ2v) is 4.15. The van der Waals surface area contributed by atoms with E-state index in [0.29, 0.717) is 10.8 Å². The molecule has 5 heteroatoms. The molecule has 0 fully saturated rings. The Balaban J connectivity index is 2.39. The molecular formula is C13H14ClN3O. The van der Waals surface area contributed by atoms with E-state index in [1.54, 1.807) is 25.7 Å². The molecule has 18 heavy (non-hydrogen) atoms. The van der Waals surface area contributed by atoms with Crippen molar-refractivity contribution in [3.63, 3.8) is 0 Å². The molecule has 0 amide bonds. The average molecular weight is 264 g/mol. The second-order valence-electron chi connectivity index (χ2n) is 3.75. The van der Waals surface area contributed by atoms with Crippen molar-refractivity contribution in [2.75, 3.05) is 14.2 Å². The minimum atomic E-state index is -0.0372. The van der Waals surface area contributed by atoms with Gasteiger partial charge in [-0.15, -0.1) is 0 Å². The van der Waals surface area contributed by atoms with Crippen LogP contribution in [0.4, 0.5) is 0 Å². The standard InChI is InChI=1S/C13H14ClN3O/c1-15-13(11-8-16-5-6-17-11)9-3-4-10(14)12(7-9)18-2/h3-8,13,15H,1-2H3. The van der Waals surface area contributed by atoms with Gasteiger partial charge in [0.15, 0.2) is 0 Å².